The molecule has 1 saturated heterocycles. The SMILES string of the molecule is CN1CCCN(c2ccc(C#N)c([N+](=O)[O-])c2)CC1. The number of hydrogen-bond acceptors (Lipinski definition) is 5. The molecule has 0 amide bonds. The molecule has 100 valence electrons. The lowest BCUT2D eigenvalue weighted by Gasteiger charge is -2.22. The lowest BCUT2D eigenvalue weighted by Crippen LogP contribution is -2.28. The van der Waals surface area contributed by atoms with E-state index < -0.39 is 4.92 Å². The highest BCUT2D eigenvalue weighted by atomic mass is 16.6. The average molecular weight is 260 g/mol. The Morgan fingerprint density at radius 3 is 2.79 bits per heavy atom. The predicted molar refractivity (Wildman–Crippen MR) is 72.1 cm³/mol. The van der Waals surface area contributed by atoms with E-state index >= 15 is 0 Å². The number of anilines is 1. The number of rotatable bonds is 2. The molecule has 0 radical (unpaired) electrons. The largest absolute Gasteiger partial charge is 0.370 e. The Morgan fingerprint density at radius 1 is 1.32 bits per heavy atom. The lowest BCUT2D eigenvalue weighted by atomic mass is 10.1. The van der Waals surface area contributed by atoms with Gasteiger partial charge in [0.1, 0.15) is 11.6 Å². The Kier molecular flexibility index (Phi) is 3.97. The van der Waals surface area contributed by atoms with Gasteiger partial charge in [0.2, 0.25) is 0 Å². The van der Waals surface area contributed by atoms with Gasteiger partial charge in [-0.1, -0.05) is 0 Å². The van der Waals surface area contributed by atoms with Crippen LogP contribution in [0, 0.1) is 21.4 Å². The smallest absolute Gasteiger partial charge is 0.289 e. The minimum atomic E-state index is -0.494. The van der Waals surface area contributed by atoms with E-state index in [-0.39, 0.29) is 11.3 Å². The molecule has 1 fully saturated rings. The molecule has 0 atom stereocenters. The maximum absolute atomic E-state index is 11.0. The standard InChI is InChI=1S/C13H16N4O2/c1-15-5-2-6-16(8-7-15)12-4-3-11(10-14)13(9-12)17(18)19/h3-4,9H,2,5-8H2,1H3. The summed E-state index contributed by atoms with van der Waals surface area (Å²) in [7, 11) is 2.07. The van der Waals surface area contributed by atoms with Gasteiger partial charge in [-0.15, -0.1) is 0 Å². The summed E-state index contributed by atoms with van der Waals surface area (Å²) in [6, 6.07) is 6.68. The molecule has 0 bridgehead atoms. The van der Waals surface area contributed by atoms with Crippen molar-refractivity contribution in [1.29, 1.82) is 5.26 Å². The zero-order valence-corrected chi connectivity index (χ0v) is 10.9. The monoisotopic (exact) mass is 260 g/mol. The van der Waals surface area contributed by atoms with Crippen LogP contribution in [-0.4, -0.2) is 43.0 Å². The highest BCUT2D eigenvalue weighted by Crippen LogP contribution is 2.25. The Morgan fingerprint density at radius 2 is 2.11 bits per heavy atom. The second kappa shape index (κ2) is 5.67. The minimum absolute atomic E-state index is 0.112. The first-order valence-corrected chi connectivity index (χ1v) is 6.24. The molecule has 1 aliphatic heterocycles. The molecule has 1 aliphatic rings. The summed E-state index contributed by atoms with van der Waals surface area (Å²) in [4.78, 5) is 14.9. The number of hydrogen-bond donors (Lipinski definition) is 0. The van der Waals surface area contributed by atoms with Gasteiger partial charge in [-0.25, -0.2) is 0 Å². The lowest BCUT2D eigenvalue weighted by molar-refractivity contribution is -0.385. The summed E-state index contributed by atoms with van der Waals surface area (Å²) >= 11 is 0. The van der Waals surface area contributed by atoms with Crippen molar-refractivity contribution in [2.24, 2.45) is 0 Å². The molecule has 0 aliphatic carbocycles. The third kappa shape index (κ3) is 3.01. The highest BCUT2D eigenvalue weighted by Gasteiger charge is 2.18. The van der Waals surface area contributed by atoms with Gasteiger partial charge in [0.05, 0.1) is 4.92 Å². The molecular weight excluding hydrogens is 244 g/mol. The molecule has 6 heteroatoms. The van der Waals surface area contributed by atoms with Gasteiger partial charge < -0.3 is 9.80 Å². The van der Waals surface area contributed by atoms with Crippen LogP contribution < -0.4 is 4.90 Å². The Hall–Kier alpha value is -2.13. The van der Waals surface area contributed by atoms with Crippen molar-refractivity contribution in [1.82, 2.24) is 4.90 Å². The quantitative estimate of drug-likeness (QED) is 0.596. The first kappa shape index (κ1) is 13.3. The van der Waals surface area contributed by atoms with E-state index in [4.69, 9.17) is 5.26 Å². The molecular formula is C13H16N4O2. The molecule has 1 aromatic rings. The normalized spacial score (nSPS) is 16.7. The predicted octanol–water partition coefficient (Wildman–Crippen LogP) is 1.61. The van der Waals surface area contributed by atoms with E-state index in [9.17, 15) is 10.1 Å². The van der Waals surface area contributed by atoms with Crippen LogP contribution in [0.1, 0.15) is 12.0 Å². The van der Waals surface area contributed by atoms with Crippen LogP contribution >= 0.6 is 0 Å². The molecule has 19 heavy (non-hydrogen) atoms. The Bertz CT molecular complexity index is 524. The van der Waals surface area contributed by atoms with Crippen LogP contribution in [0.2, 0.25) is 0 Å². The third-order valence-corrected chi connectivity index (χ3v) is 3.38. The second-order valence-corrected chi connectivity index (χ2v) is 4.71. The minimum Gasteiger partial charge on any atom is -0.370 e. The van der Waals surface area contributed by atoms with Crippen molar-refractivity contribution in [2.45, 2.75) is 6.42 Å². The van der Waals surface area contributed by atoms with Crippen LogP contribution in [0.5, 0.6) is 0 Å². The first-order valence-electron chi connectivity index (χ1n) is 6.24. The number of nitriles is 1. The molecule has 2 rings (SSSR count). The Labute approximate surface area is 112 Å². The van der Waals surface area contributed by atoms with Gasteiger partial charge in [-0.3, -0.25) is 10.1 Å². The average Bonchev–Trinajstić information content (AvgIpc) is 2.62. The topological polar surface area (TPSA) is 73.4 Å². The zero-order chi connectivity index (χ0) is 13.8. The maximum Gasteiger partial charge on any atom is 0.289 e. The van der Waals surface area contributed by atoms with E-state index in [1.165, 1.54) is 12.1 Å². The molecule has 0 spiro atoms. The summed E-state index contributed by atoms with van der Waals surface area (Å²) in [6.07, 6.45) is 1.03. The summed E-state index contributed by atoms with van der Waals surface area (Å²) in [5.74, 6) is 0. The van der Waals surface area contributed by atoms with E-state index in [0.717, 1.165) is 38.3 Å². The Balaban J connectivity index is 2.28. The number of nitro benzene ring substituents is 1. The second-order valence-electron chi connectivity index (χ2n) is 4.71. The molecule has 1 aromatic carbocycles. The van der Waals surface area contributed by atoms with E-state index in [1.54, 1.807) is 6.07 Å². The summed E-state index contributed by atoms with van der Waals surface area (Å²) in [6.45, 7) is 3.70. The van der Waals surface area contributed by atoms with Crippen molar-refractivity contribution in [2.75, 3.05) is 38.1 Å². The number of likely N-dealkylation sites (N-methyl/N-ethyl adjacent to an activating group) is 1. The molecule has 0 unspecified atom stereocenters. The van der Waals surface area contributed by atoms with Gasteiger partial charge in [0, 0.05) is 31.4 Å². The number of nitro groups is 1. The van der Waals surface area contributed by atoms with Gasteiger partial charge >= 0.3 is 0 Å². The molecule has 6 nitrogen and oxygen atoms in total. The van der Waals surface area contributed by atoms with Crippen LogP contribution in [0.4, 0.5) is 11.4 Å². The molecule has 0 saturated carbocycles. The van der Waals surface area contributed by atoms with E-state index in [0.29, 0.717) is 0 Å². The first-order chi connectivity index (χ1) is 9.11. The van der Waals surface area contributed by atoms with Gasteiger partial charge in [0.15, 0.2) is 0 Å². The third-order valence-electron chi connectivity index (χ3n) is 3.38. The van der Waals surface area contributed by atoms with Crippen molar-refractivity contribution >= 4 is 11.4 Å². The van der Waals surface area contributed by atoms with E-state index in [2.05, 4.69) is 16.8 Å². The van der Waals surface area contributed by atoms with E-state index in [1.807, 2.05) is 6.07 Å². The van der Waals surface area contributed by atoms with Crippen LogP contribution in [0.25, 0.3) is 0 Å². The van der Waals surface area contributed by atoms with Gasteiger partial charge in [-0.05, 0) is 32.1 Å². The molecule has 0 aromatic heterocycles. The summed E-state index contributed by atoms with van der Waals surface area (Å²) in [5, 5.41) is 19.8. The molecule has 1 heterocycles. The fourth-order valence-corrected chi connectivity index (χ4v) is 2.27. The fraction of sp³-hybridized carbons (Fsp3) is 0.462. The number of nitrogens with zero attached hydrogens (tertiary/aromatic N) is 4. The van der Waals surface area contributed by atoms with Crippen molar-refractivity contribution in [3.05, 3.63) is 33.9 Å². The summed E-state index contributed by atoms with van der Waals surface area (Å²) in [5.41, 5.74) is 0.819. The van der Waals surface area contributed by atoms with Crippen molar-refractivity contribution in [3.63, 3.8) is 0 Å². The summed E-state index contributed by atoms with van der Waals surface area (Å²) < 4.78 is 0. The zero-order valence-electron chi connectivity index (χ0n) is 10.9. The van der Waals surface area contributed by atoms with Crippen LogP contribution in [-0.2, 0) is 0 Å². The van der Waals surface area contributed by atoms with Gasteiger partial charge in [-0.2, -0.15) is 5.26 Å². The highest BCUT2D eigenvalue weighted by molar-refractivity contribution is 5.60. The van der Waals surface area contributed by atoms with Crippen molar-refractivity contribution in [3.8, 4) is 6.07 Å². The van der Waals surface area contributed by atoms with Crippen LogP contribution in [0.15, 0.2) is 18.2 Å². The van der Waals surface area contributed by atoms with Crippen LogP contribution in [0.3, 0.4) is 0 Å². The van der Waals surface area contributed by atoms with Gasteiger partial charge in [0.25, 0.3) is 5.69 Å². The number of benzene rings is 1. The maximum atomic E-state index is 11.0. The molecule has 0 N–H and O–H groups in total. The fourth-order valence-electron chi connectivity index (χ4n) is 2.27. The van der Waals surface area contributed by atoms with Crippen molar-refractivity contribution < 1.29 is 4.92 Å².